The highest BCUT2D eigenvalue weighted by atomic mass is 16.6. The number of aryl methyl sites for hydroxylation is 1. The van der Waals surface area contributed by atoms with E-state index < -0.39 is 41.8 Å². The molecular formula is C39H62N6O8. The number of fused-ring (bicyclic) bond motifs is 1. The maximum absolute atomic E-state index is 14.7. The third-order valence-corrected chi connectivity index (χ3v) is 10.4. The van der Waals surface area contributed by atoms with E-state index >= 15 is 0 Å². The van der Waals surface area contributed by atoms with Crippen LogP contribution in [0.2, 0.25) is 0 Å². The first-order valence-corrected chi connectivity index (χ1v) is 19.4. The second kappa shape index (κ2) is 20.1. The van der Waals surface area contributed by atoms with Gasteiger partial charge in [-0.3, -0.25) is 24.1 Å². The summed E-state index contributed by atoms with van der Waals surface area (Å²) in [4.78, 5) is 71.2. The van der Waals surface area contributed by atoms with E-state index in [1.807, 2.05) is 18.2 Å². The van der Waals surface area contributed by atoms with Crippen molar-refractivity contribution in [1.82, 2.24) is 25.8 Å². The van der Waals surface area contributed by atoms with E-state index in [9.17, 15) is 24.0 Å². The van der Waals surface area contributed by atoms with Gasteiger partial charge in [-0.15, -0.1) is 0 Å². The molecule has 2 aliphatic carbocycles. The van der Waals surface area contributed by atoms with Gasteiger partial charge in [0.2, 0.25) is 23.6 Å². The van der Waals surface area contributed by atoms with Crippen LogP contribution >= 0.6 is 0 Å². The Morgan fingerprint density at radius 1 is 0.943 bits per heavy atom. The molecule has 1 heterocycles. The summed E-state index contributed by atoms with van der Waals surface area (Å²) in [6.07, 6.45) is 6.72. The zero-order valence-corrected chi connectivity index (χ0v) is 32.3. The smallest absolute Gasteiger partial charge is 0.410 e. The molecule has 2 fully saturated rings. The maximum Gasteiger partial charge on any atom is 0.410 e. The summed E-state index contributed by atoms with van der Waals surface area (Å²) in [5.74, 6) is -1.53. The second-order valence-electron chi connectivity index (χ2n) is 15.6. The summed E-state index contributed by atoms with van der Waals surface area (Å²) >= 11 is 0. The molecule has 14 heteroatoms. The van der Waals surface area contributed by atoms with Crippen LogP contribution in [0.4, 0.5) is 4.79 Å². The number of amides is 5. The highest BCUT2D eigenvalue weighted by molar-refractivity contribution is 5.94. The molecule has 5 atom stereocenters. The molecule has 0 unspecified atom stereocenters. The van der Waals surface area contributed by atoms with E-state index in [4.69, 9.17) is 19.9 Å². The predicted octanol–water partition coefficient (Wildman–Crippen LogP) is 2.97. The van der Waals surface area contributed by atoms with Crippen LogP contribution in [-0.2, 0) is 39.8 Å². The molecule has 5 amide bonds. The fourth-order valence-electron chi connectivity index (χ4n) is 7.44. The number of benzene rings is 1. The first-order valence-electron chi connectivity index (χ1n) is 19.4. The standard InChI is InChI=1S/C39H62N6O8/c1-26(44(5)38(50)53-39(2,3)4)35(47)43-34(28-13-7-6-8-14-28)37(49)45-25-29(41-33(46)18-20-51-22-23-52-21-19-40)24-32(45)36(48)42-31-17-11-15-27-12-9-10-16-30(27)31/h9-10,12,16,26,28-29,31-32,34H,6-8,11,13-15,17-25,40H2,1-5H3,(H,41,46)(H,42,48)(H,43,47)/t26-,29-,31+,32-,34-/m0/s1. The van der Waals surface area contributed by atoms with Gasteiger partial charge in [-0.1, -0.05) is 43.5 Å². The molecule has 0 aromatic heterocycles. The van der Waals surface area contributed by atoms with Crippen molar-refractivity contribution in [2.45, 2.75) is 128 Å². The summed E-state index contributed by atoms with van der Waals surface area (Å²) in [5, 5.41) is 9.24. The first-order chi connectivity index (χ1) is 25.3. The van der Waals surface area contributed by atoms with Crippen LogP contribution in [0.5, 0.6) is 0 Å². The van der Waals surface area contributed by atoms with Crippen molar-refractivity contribution >= 4 is 29.7 Å². The number of rotatable bonds is 16. The number of hydrogen-bond acceptors (Lipinski definition) is 9. The summed E-state index contributed by atoms with van der Waals surface area (Å²) < 4.78 is 16.3. The average molecular weight is 743 g/mol. The molecule has 53 heavy (non-hydrogen) atoms. The lowest BCUT2D eigenvalue weighted by Gasteiger charge is -2.36. The average Bonchev–Trinajstić information content (AvgIpc) is 3.56. The highest BCUT2D eigenvalue weighted by Crippen LogP contribution is 2.32. The fraction of sp³-hybridized carbons (Fsp3) is 0.718. The lowest BCUT2D eigenvalue weighted by Crippen LogP contribution is -2.59. The Morgan fingerprint density at radius 3 is 2.34 bits per heavy atom. The van der Waals surface area contributed by atoms with Crippen molar-refractivity contribution in [3.05, 3.63) is 35.4 Å². The van der Waals surface area contributed by atoms with Gasteiger partial charge in [-0.2, -0.15) is 0 Å². The molecule has 1 aromatic carbocycles. The molecular weight excluding hydrogens is 680 g/mol. The van der Waals surface area contributed by atoms with Gasteiger partial charge in [0.25, 0.3) is 0 Å². The Bertz CT molecular complexity index is 1400. The molecule has 4 rings (SSSR count). The number of ether oxygens (including phenoxy) is 3. The Hall–Kier alpha value is -3.75. The Labute approximate surface area is 314 Å². The quantitative estimate of drug-likeness (QED) is 0.185. The fourth-order valence-corrected chi connectivity index (χ4v) is 7.44. The molecule has 5 N–H and O–H groups in total. The molecule has 1 saturated heterocycles. The second-order valence-corrected chi connectivity index (χ2v) is 15.6. The monoisotopic (exact) mass is 742 g/mol. The van der Waals surface area contributed by atoms with Gasteiger partial charge >= 0.3 is 6.09 Å². The number of likely N-dealkylation sites (N-methyl/N-ethyl adjacent to an activating group) is 1. The lowest BCUT2D eigenvalue weighted by atomic mass is 9.83. The van der Waals surface area contributed by atoms with Crippen LogP contribution in [0.15, 0.2) is 24.3 Å². The SMILES string of the molecule is C[C@@H](C(=O)N[C@H](C(=O)N1C[C@@H](NC(=O)CCOCCOCCN)C[C@H]1C(=O)N[C@@H]1CCCc2ccccc21)C1CCCCC1)N(C)C(=O)OC(C)(C)C. The summed E-state index contributed by atoms with van der Waals surface area (Å²) in [6, 6.07) is 4.73. The van der Waals surface area contributed by atoms with Crippen LogP contribution in [0.3, 0.4) is 0 Å². The molecule has 14 nitrogen and oxygen atoms in total. The third kappa shape index (κ3) is 12.4. The molecule has 0 spiro atoms. The molecule has 3 aliphatic rings. The number of carbonyl (C=O) groups is 5. The molecule has 1 aliphatic heterocycles. The molecule has 1 saturated carbocycles. The van der Waals surface area contributed by atoms with E-state index in [-0.39, 0.29) is 55.7 Å². The zero-order chi connectivity index (χ0) is 38.5. The van der Waals surface area contributed by atoms with E-state index in [0.717, 1.165) is 56.9 Å². The lowest BCUT2D eigenvalue weighted by molar-refractivity contribution is -0.143. The molecule has 1 aromatic rings. The van der Waals surface area contributed by atoms with Crippen LogP contribution in [0, 0.1) is 5.92 Å². The van der Waals surface area contributed by atoms with E-state index in [2.05, 4.69) is 22.0 Å². The number of hydrogen-bond donors (Lipinski definition) is 4. The normalized spacial score (nSPS) is 21.5. The molecule has 296 valence electrons. The summed E-state index contributed by atoms with van der Waals surface area (Å²) in [7, 11) is 1.49. The number of carbonyl (C=O) groups excluding carboxylic acids is 5. The van der Waals surface area contributed by atoms with Crippen molar-refractivity contribution in [3.63, 3.8) is 0 Å². The molecule has 0 radical (unpaired) electrons. The van der Waals surface area contributed by atoms with Crippen molar-refractivity contribution in [2.75, 3.05) is 46.6 Å². The minimum atomic E-state index is -0.922. The van der Waals surface area contributed by atoms with Gasteiger partial charge in [0.1, 0.15) is 23.7 Å². The predicted molar refractivity (Wildman–Crippen MR) is 200 cm³/mol. The van der Waals surface area contributed by atoms with Gasteiger partial charge in [0, 0.05) is 32.6 Å². The van der Waals surface area contributed by atoms with Crippen LogP contribution in [-0.4, -0.2) is 116 Å². The third-order valence-electron chi connectivity index (χ3n) is 10.4. The Morgan fingerprint density at radius 2 is 1.64 bits per heavy atom. The zero-order valence-electron chi connectivity index (χ0n) is 32.3. The van der Waals surface area contributed by atoms with Crippen molar-refractivity contribution < 1.29 is 38.2 Å². The van der Waals surface area contributed by atoms with Crippen molar-refractivity contribution in [1.29, 1.82) is 0 Å². The largest absolute Gasteiger partial charge is 0.444 e. The van der Waals surface area contributed by atoms with Crippen molar-refractivity contribution in [3.8, 4) is 0 Å². The van der Waals surface area contributed by atoms with Gasteiger partial charge < -0.3 is 40.8 Å². The van der Waals surface area contributed by atoms with E-state index in [1.54, 1.807) is 32.6 Å². The van der Waals surface area contributed by atoms with Gasteiger partial charge in [0.15, 0.2) is 0 Å². The van der Waals surface area contributed by atoms with E-state index in [1.165, 1.54) is 17.5 Å². The Balaban J connectivity index is 1.51. The van der Waals surface area contributed by atoms with Crippen LogP contribution in [0.25, 0.3) is 0 Å². The van der Waals surface area contributed by atoms with Crippen LogP contribution in [0.1, 0.15) is 103 Å². The maximum atomic E-state index is 14.7. The summed E-state index contributed by atoms with van der Waals surface area (Å²) in [5.41, 5.74) is 6.97. The minimum absolute atomic E-state index is 0.112. The van der Waals surface area contributed by atoms with Crippen LogP contribution < -0.4 is 21.7 Å². The Kier molecular flexibility index (Phi) is 15.9. The number of nitrogens with one attached hydrogen (secondary N) is 3. The highest BCUT2D eigenvalue weighted by Gasteiger charge is 2.45. The number of likely N-dealkylation sites (tertiary alicyclic amines) is 1. The minimum Gasteiger partial charge on any atom is -0.444 e. The van der Waals surface area contributed by atoms with Gasteiger partial charge in [-0.25, -0.2) is 4.79 Å². The summed E-state index contributed by atoms with van der Waals surface area (Å²) in [6.45, 7) is 8.75. The van der Waals surface area contributed by atoms with Gasteiger partial charge in [0.05, 0.1) is 32.5 Å². The van der Waals surface area contributed by atoms with E-state index in [0.29, 0.717) is 26.4 Å². The molecule has 0 bridgehead atoms. The topological polar surface area (TPSA) is 182 Å². The van der Waals surface area contributed by atoms with Gasteiger partial charge in [-0.05, 0) is 83.3 Å². The number of nitrogens with zero attached hydrogens (tertiary/aromatic N) is 2. The number of nitrogens with two attached hydrogens (primary N) is 1. The first kappa shape index (κ1) is 42.0. The van der Waals surface area contributed by atoms with Crippen molar-refractivity contribution in [2.24, 2.45) is 11.7 Å².